The van der Waals surface area contributed by atoms with E-state index in [0.717, 1.165) is 28.1 Å². The zero-order valence-electron chi connectivity index (χ0n) is 22.5. The van der Waals surface area contributed by atoms with Crippen LogP contribution in [0.15, 0.2) is 40.4 Å². The van der Waals surface area contributed by atoms with Crippen LogP contribution >= 0.6 is 11.3 Å². The van der Waals surface area contributed by atoms with Crippen molar-refractivity contribution in [3.05, 3.63) is 58.6 Å². The molecule has 1 fully saturated rings. The van der Waals surface area contributed by atoms with Gasteiger partial charge in [0.25, 0.3) is 0 Å². The summed E-state index contributed by atoms with van der Waals surface area (Å²) in [6.07, 6.45) is 2.09. The fourth-order valence-electron chi connectivity index (χ4n) is 4.95. The summed E-state index contributed by atoms with van der Waals surface area (Å²) in [7, 11) is 1.65. The minimum atomic E-state index is -0.564. The third kappa shape index (κ3) is 5.96. The van der Waals surface area contributed by atoms with E-state index in [-0.39, 0.29) is 23.8 Å². The number of amides is 3. The predicted molar refractivity (Wildman–Crippen MR) is 145 cm³/mol. The maximum absolute atomic E-state index is 13.7. The molecule has 1 aliphatic heterocycles. The summed E-state index contributed by atoms with van der Waals surface area (Å²) in [5.74, 6) is -0.461. The number of aromatic nitrogens is 2. The van der Waals surface area contributed by atoms with Gasteiger partial charge in [-0.05, 0) is 43.7 Å². The van der Waals surface area contributed by atoms with Crippen LogP contribution in [0, 0.1) is 12.8 Å². The van der Waals surface area contributed by atoms with Crippen molar-refractivity contribution in [2.75, 3.05) is 13.6 Å². The Labute approximate surface area is 227 Å². The summed E-state index contributed by atoms with van der Waals surface area (Å²) in [5.41, 5.74) is 5.52. The highest BCUT2D eigenvalue weighted by atomic mass is 32.1. The molecule has 0 radical (unpaired) electrons. The predicted octanol–water partition coefficient (Wildman–Crippen LogP) is 4.30. The second kappa shape index (κ2) is 11.9. The number of aryl methyl sites for hydroxylation is 1. The van der Waals surface area contributed by atoms with Crippen LogP contribution in [0.4, 0.5) is 0 Å². The number of nitrogens with one attached hydrogen (secondary N) is 1. The molecule has 1 saturated heterocycles. The van der Waals surface area contributed by atoms with Gasteiger partial charge in [-0.25, -0.2) is 4.98 Å². The minimum Gasteiger partial charge on any atom is -0.360 e. The summed E-state index contributed by atoms with van der Waals surface area (Å²) in [4.78, 5) is 46.6. The molecule has 0 aliphatic carbocycles. The molecule has 202 valence electrons. The Balaban J connectivity index is 1.44. The molecule has 3 unspecified atom stereocenters. The van der Waals surface area contributed by atoms with Crippen LogP contribution in [-0.4, -0.2) is 57.8 Å². The molecule has 3 aromatic rings. The zero-order valence-corrected chi connectivity index (χ0v) is 23.3. The van der Waals surface area contributed by atoms with Crippen molar-refractivity contribution in [2.24, 2.45) is 5.92 Å². The summed E-state index contributed by atoms with van der Waals surface area (Å²) < 4.78 is 5.53. The van der Waals surface area contributed by atoms with Gasteiger partial charge < -0.3 is 19.6 Å². The highest BCUT2D eigenvalue weighted by Gasteiger charge is 2.40. The Morgan fingerprint density at radius 3 is 2.63 bits per heavy atom. The molecule has 0 bridgehead atoms. The molecule has 4 rings (SSSR count). The molecule has 0 spiro atoms. The summed E-state index contributed by atoms with van der Waals surface area (Å²) in [6, 6.07) is 9.14. The zero-order chi connectivity index (χ0) is 27.4. The van der Waals surface area contributed by atoms with Crippen LogP contribution in [0.5, 0.6) is 0 Å². The fraction of sp³-hybridized carbons (Fsp3) is 0.464. The monoisotopic (exact) mass is 537 g/mol. The van der Waals surface area contributed by atoms with E-state index >= 15 is 0 Å². The van der Waals surface area contributed by atoms with Gasteiger partial charge in [-0.1, -0.05) is 43.3 Å². The molecule has 1 aliphatic rings. The fourth-order valence-corrected chi connectivity index (χ4v) is 5.77. The number of thiazole rings is 1. The molecule has 2 aromatic heterocycles. The molecule has 9 nitrogen and oxygen atoms in total. The Bertz CT molecular complexity index is 1270. The van der Waals surface area contributed by atoms with E-state index in [0.29, 0.717) is 37.4 Å². The highest BCUT2D eigenvalue weighted by Crippen LogP contribution is 2.32. The standard InChI is InChI=1S/C28H35N5O4S/c1-17(2)25(24-13-22(31-37-24)14-32(5)16-34)28(36)33-12-6-7-23(33)27(35)30-18(3)20-8-10-21(11-9-20)26-19(4)29-15-38-26/h8-11,13,15-18,23,25H,6-7,12,14H2,1-5H3,(H,30,35). The molecule has 38 heavy (non-hydrogen) atoms. The van der Waals surface area contributed by atoms with Gasteiger partial charge in [0.2, 0.25) is 18.2 Å². The molecular weight excluding hydrogens is 502 g/mol. The van der Waals surface area contributed by atoms with Gasteiger partial charge in [0.15, 0.2) is 0 Å². The van der Waals surface area contributed by atoms with E-state index in [1.807, 2.05) is 45.3 Å². The van der Waals surface area contributed by atoms with E-state index < -0.39 is 12.0 Å². The molecule has 1 aromatic carbocycles. The second-order valence-electron chi connectivity index (χ2n) is 10.3. The van der Waals surface area contributed by atoms with Crippen molar-refractivity contribution in [3.63, 3.8) is 0 Å². The number of carbonyl (C=O) groups is 3. The van der Waals surface area contributed by atoms with Gasteiger partial charge in [-0.2, -0.15) is 0 Å². The highest BCUT2D eigenvalue weighted by molar-refractivity contribution is 7.13. The Kier molecular flexibility index (Phi) is 8.61. The smallest absolute Gasteiger partial charge is 0.243 e. The molecule has 0 saturated carbocycles. The van der Waals surface area contributed by atoms with Crippen LogP contribution in [0.25, 0.3) is 10.4 Å². The van der Waals surface area contributed by atoms with Crippen molar-refractivity contribution in [3.8, 4) is 10.4 Å². The molecular formula is C28H35N5O4S. The van der Waals surface area contributed by atoms with Crippen molar-refractivity contribution in [1.82, 2.24) is 25.3 Å². The summed E-state index contributed by atoms with van der Waals surface area (Å²) in [5, 5.41) is 7.15. The lowest BCUT2D eigenvalue weighted by Crippen LogP contribution is -2.48. The van der Waals surface area contributed by atoms with Gasteiger partial charge >= 0.3 is 0 Å². The quantitative estimate of drug-likeness (QED) is 0.386. The maximum atomic E-state index is 13.7. The average molecular weight is 538 g/mol. The first kappa shape index (κ1) is 27.5. The van der Waals surface area contributed by atoms with Gasteiger partial charge in [0.05, 0.1) is 28.7 Å². The van der Waals surface area contributed by atoms with Crippen LogP contribution in [0.1, 0.15) is 68.3 Å². The summed E-state index contributed by atoms with van der Waals surface area (Å²) in [6.45, 7) is 8.67. The second-order valence-corrected chi connectivity index (χ2v) is 11.1. The van der Waals surface area contributed by atoms with Gasteiger partial charge in [-0.15, -0.1) is 11.3 Å². The van der Waals surface area contributed by atoms with E-state index in [2.05, 4.69) is 27.6 Å². The van der Waals surface area contributed by atoms with Crippen molar-refractivity contribution >= 4 is 29.6 Å². The first-order valence-corrected chi connectivity index (χ1v) is 13.8. The van der Waals surface area contributed by atoms with E-state index in [1.165, 1.54) is 4.90 Å². The number of nitrogens with zero attached hydrogens (tertiary/aromatic N) is 4. The molecule has 1 N–H and O–H groups in total. The molecule has 3 heterocycles. The summed E-state index contributed by atoms with van der Waals surface area (Å²) >= 11 is 1.61. The number of hydrogen-bond acceptors (Lipinski definition) is 7. The van der Waals surface area contributed by atoms with E-state index in [1.54, 1.807) is 29.4 Å². The molecule has 3 amide bonds. The van der Waals surface area contributed by atoms with Gasteiger partial charge in [0, 0.05) is 19.7 Å². The van der Waals surface area contributed by atoms with Crippen molar-refractivity contribution in [2.45, 2.75) is 65.1 Å². The largest absolute Gasteiger partial charge is 0.360 e. The number of benzene rings is 1. The SMILES string of the molecule is Cc1ncsc1-c1ccc(C(C)NC(=O)C2CCCN2C(=O)C(c2cc(CN(C)C=O)no2)C(C)C)cc1. The van der Waals surface area contributed by atoms with Crippen LogP contribution in [0.3, 0.4) is 0 Å². The Hall–Kier alpha value is -3.53. The van der Waals surface area contributed by atoms with Crippen molar-refractivity contribution in [1.29, 1.82) is 0 Å². The number of carbonyl (C=O) groups excluding carboxylic acids is 3. The van der Waals surface area contributed by atoms with Crippen LogP contribution < -0.4 is 5.32 Å². The minimum absolute atomic E-state index is 0.0592. The average Bonchev–Trinajstić information content (AvgIpc) is 3.65. The first-order chi connectivity index (χ1) is 18.2. The van der Waals surface area contributed by atoms with Crippen LogP contribution in [-0.2, 0) is 20.9 Å². The van der Waals surface area contributed by atoms with Gasteiger partial charge in [0.1, 0.15) is 23.4 Å². The number of hydrogen-bond donors (Lipinski definition) is 1. The number of likely N-dealkylation sites (tertiary alicyclic amines) is 1. The molecule has 10 heteroatoms. The normalized spacial score (nSPS) is 16.9. The Morgan fingerprint density at radius 2 is 2.00 bits per heavy atom. The Morgan fingerprint density at radius 1 is 1.26 bits per heavy atom. The lowest BCUT2D eigenvalue weighted by atomic mass is 9.91. The topological polar surface area (TPSA) is 109 Å². The van der Waals surface area contributed by atoms with Crippen molar-refractivity contribution < 1.29 is 18.9 Å². The number of rotatable bonds is 10. The maximum Gasteiger partial charge on any atom is 0.243 e. The van der Waals surface area contributed by atoms with E-state index in [9.17, 15) is 14.4 Å². The third-order valence-electron chi connectivity index (χ3n) is 7.02. The lowest BCUT2D eigenvalue weighted by molar-refractivity contribution is -0.141. The molecule has 3 atom stereocenters. The first-order valence-electron chi connectivity index (χ1n) is 12.9. The third-order valence-corrected chi connectivity index (χ3v) is 8.00. The van der Waals surface area contributed by atoms with E-state index in [4.69, 9.17) is 4.52 Å². The lowest BCUT2D eigenvalue weighted by Gasteiger charge is -2.29. The van der Waals surface area contributed by atoms with Crippen LogP contribution in [0.2, 0.25) is 0 Å². The van der Waals surface area contributed by atoms with Gasteiger partial charge in [-0.3, -0.25) is 14.4 Å².